The van der Waals surface area contributed by atoms with Crippen LogP contribution in [0.2, 0.25) is 0 Å². The van der Waals surface area contributed by atoms with Gasteiger partial charge in [0, 0.05) is 40.3 Å². The highest BCUT2D eigenvalue weighted by atomic mass is 32.1. The van der Waals surface area contributed by atoms with Gasteiger partial charge in [0.1, 0.15) is 5.01 Å². The fourth-order valence-corrected chi connectivity index (χ4v) is 3.72. The summed E-state index contributed by atoms with van der Waals surface area (Å²) in [7, 11) is 0. The Morgan fingerprint density at radius 2 is 1.96 bits per heavy atom. The normalized spacial score (nSPS) is 10.9. The summed E-state index contributed by atoms with van der Waals surface area (Å²) in [5.41, 5.74) is 4.14. The summed E-state index contributed by atoms with van der Waals surface area (Å²) in [5, 5.41) is 6.73. The molecule has 0 atom stereocenters. The van der Waals surface area contributed by atoms with Crippen LogP contribution in [0.15, 0.2) is 64.9 Å². The molecule has 2 aromatic carbocycles. The van der Waals surface area contributed by atoms with E-state index in [0.717, 1.165) is 32.7 Å². The van der Waals surface area contributed by atoms with E-state index in [1.54, 1.807) is 17.5 Å². The van der Waals surface area contributed by atoms with Crippen molar-refractivity contribution >= 4 is 33.8 Å². The van der Waals surface area contributed by atoms with Crippen LogP contribution in [0, 0.1) is 6.92 Å². The summed E-state index contributed by atoms with van der Waals surface area (Å²) in [6.45, 7) is 1.99. The van der Waals surface area contributed by atoms with Crippen molar-refractivity contribution in [2.75, 3.05) is 5.32 Å². The number of rotatable bonds is 5. The number of aromatic nitrogens is 2. The molecule has 0 spiro atoms. The van der Waals surface area contributed by atoms with Crippen LogP contribution < -0.4 is 10.9 Å². The molecule has 0 aliphatic heterocycles. The molecule has 2 heterocycles. The average Bonchev–Trinajstić information content (AvgIpc) is 3.22. The van der Waals surface area contributed by atoms with Crippen molar-refractivity contribution in [3.8, 4) is 10.6 Å². The number of carbonyl (C=O) groups excluding carboxylic acids is 1. The van der Waals surface area contributed by atoms with Gasteiger partial charge in [-0.25, -0.2) is 4.98 Å². The number of nitrogens with zero attached hydrogens (tertiary/aromatic N) is 1. The van der Waals surface area contributed by atoms with Crippen LogP contribution in [0.25, 0.3) is 21.5 Å². The number of amides is 1. The summed E-state index contributed by atoms with van der Waals surface area (Å²) in [6, 6.07) is 15.4. The Morgan fingerprint density at radius 1 is 1.14 bits per heavy atom. The van der Waals surface area contributed by atoms with Crippen molar-refractivity contribution in [1.29, 1.82) is 0 Å². The van der Waals surface area contributed by atoms with Crippen molar-refractivity contribution in [2.24, 2.45) is 0 Å². The predicted octanol–water partition coefficient (Wildman–Crippen LogP) is 4.53. The van der Waals surface area contributed by atoms with E-state index in [2.05, 4.69) is 15.3 Å². The number of aromatic amines is 1. The number of fused-ring (bicyclic) bond motifs is 1. The van der Waals surface area contributed by atoms with Crippen LogP contribution in [0.5, 0.6) is 0 Å². The van der Waals surface area contributed by atoms with Gasteiger partial charge < -0.3 is 10.3 Å². The minimum atomic E-state index is -0.140. The van der Waals surface area contributed by atoms with Crippen molar-refractivity contribution in [2.45, 2.75) is 19.8 Å². The van der Waals surface area contributed by atoms with Gasteiger partial charge in [0.05, 0.1) is 0 Å². The zero-order valence-electron chi connectivity index (χ0n) is 15.4. The summed E-state index contributed by atoms with van der Waals surface area (Å²) >= 11 is 1.57. The molecule has 140 valence electrons. The van der Waals surface area contributed by atoms with Gasteiger partial charge in [0.2, 0.25) is 5.91 Å². The van der Waals surface area contributed by atoms with E-state index in [1.165, 1.54) is 0 Å². The number of benzene rings is 2. The molecule has 5 nitrogen and oxygen atoms in total. The third-order valence-corrected chi connectivity index (χ3v) is 5.37. The van der Waals surface area contributed by atoms with Gasteiger partial charge in [-0.05, 0) is 60.7 Å². The van der Waals surface area contributed by atoms with Gasteiger partial charge in [0.25, 0.3) is 5.56 Å². The quantitative estimate of drug-likeness (QED) is 0.526. The average molecular weight is 389 g/mol. The highest BCUT2D eigenvalue weighted by molar-refractivity contribution is 7.13. The Kier molecular flexibility index (Phi) is 5.04. The second-order valence-corrected chi connectivity index (χ2v) is 7.57. The van der Waals surface area contributed by atoms with Crippen LogP contribution in [-0.2, 0) is 11.2 Å². The Morgan fingerprint density at radius 3 is 2.71 bits per heavy atom. The van der Waals surface area contributed by atoms with Crippen molar-refractivity contribution < 1.29 is 4.79 Å². The molecule has 0 aliphatic carbocycles. The molecule has 2 N–H and O–H groups in total. The first-order valence-electron chi connectivity index (χ1n) is 9.01. The summed E-state index contributed by atoms with van der Waals surface area (Å²) in [4.78, 5) is 31.7. The van der Waals surface area contributed by atoms with Crippen LogP contribution in [0.1, 0.15) is 17.5 Å². The van der Waals surface area contributed by atoms with Gasteiger partial charge in [-0.2, -0.15) is 0 Å². The molecular weight excluding hydrogens is 370 g/mol. The zero-order valence-corrected chi connectivity index (χ0v) is 16.2. The topological polar surface area (TPSA) is 74.8 Å². The van der Waals surface area contributed by atoms with E-state index in [1.807, 2.05) is 60.8 Å². The lowest BCUT2D eigenvalue weighted by molar-refractivity contribution is -0.116. The first-order valence-corrected chi connectivity index (χ1v) is 9.89. The highest BCUT2D eigenvalue weighted by Crippen LogP contribution is 2.23. The predicted molar refractivity (Wildman–Crippen MR) is 114 cm³/mol. The highest BCUT2D eigenvalue weighted by Gasteiger charge is 2.08. The number of aryl methyl sites for hydroxylation is 2. The standard InChI is InChI=1S/C22H19N3O2S/c1-14-2-3-16-13-17(21(27)25-19(16)12-14)6-9-20(26)24-18-7-4-15(5-8-18)22-23-10-11-28-22/h2-5,7-8,10-13H,6,9H2,1H3,(H,24,26)(H,25,27). The SMILES string of the molecule is Cc1ccc2cc(CCC(=O)Nc3ccc(-c4nccs4)cc3)c(=O)[nH]c2c1. The number of hydrogen-bond acceptors (Lipinski definition) is 4. The lowest BCUT2D eigenvalue weighted by atomic mass is 10.1. The fraction of sp³-hybridized carbons (Fsp3) is 0.136. The molecule has 0 unspecified atom stereocenters. The van der Waals surface area contributed by atoms with E-state index in [-0.39, 0.29) is 17.9 Å². The lowest BCUT2D eigenvalue weighted by Crippen LogP contribution is -2.17. The first kappa shape index (κ1) is 18.1. The monoisotopic (exact) mass is 389 g/mol. The second kappa shape index (κ2) is 7.78. The Labute approximate surface area is 166 Å². The molecule has 4 aromatic rings. The van der Waals surface area contributed by atoms with Gasteiger partial charge in [0.15, 0.2) is 0 Å². The number of H-pyrrole nitrogens is 1. The van der Waals surface area contributed by atoms with Gasteiger partial charge >= 0.3 is 0 Å². The first-order chi connectivity index (χ1) is 13.6. The molecule has 2 aromatic heterocycles. The second-order valence-electron chi connectivity index (χ2n) is 6.68. The molecule has 0 aliphatic rings. The minimum absolute atomic E-state index is 0.120. The molecule has 4 rings (SSSR count). The van der Waals surface area contributed by atoms with Crippen molar-refractivity contribution in [1.82, 2.24) is 9.97 Å². The number of nitrogens with one attached hydrogen (secondary N) is 2. The lowest BCUT2D eigenvalue weighted by Gasteiger charge is -2.07. The number of thiazole rings is 1. The van der Waals surface area contributed by atoms with Crippen LogP contribution in [0.4, 0.5) is 5.69 Å². The molecular formula is C22H19N3O2S. The fourth-order valence-electron chi connectivity index (χ4n) is 3.08. The van der Waals surface area contributed by atoms with Gasteiger partial charge in [-0.3, -0.25) is 9.59 Å². The van der Waals surface area contributed by atoms with Gasteiger partial charge in [-0.15, -0.1) is 11.3 Å². The van der Waals surface area contributed by atoms with Crippen LogP contribution in [0.3, 0.4) is 0 Å². The molecule has 6 heteroatoms. The van der Waals surface area contributed by atoms with Crippen LogP contribution >= 0.6 is 11.3 Å². The number of carbonyl (C=O) groups is 1. The minimum Gasteiger partial charge on any atom is -0.326 e. The molecule has 0 fully saturated rings. The number of hydrogen-bond donors (Lipinski definition) is 2. The third kappa shape index (κ3) is 4.02. The Balaban J connectivity index is 1.40. The number of anilines is 1. The Bertz CT molecular complexity index is 1180. The van der Waals surface area contributed by atoms with E-state index >= 15 is 0 Å². The molecule has 1 amide bonds. The third-order valence-electron chi connectivity index (χ3n) is 4.55. The van der Waals surface area contributed by atoms with Crippen LogP contribution in [-0.4, -0.2) is 15.9 Å². The summed E-state index contributed by atoms with van der Waals surface area (Å²) < 4.78 is 0. The number of pyridine rings is 1. The molecule has 0 radical (unpaired) electrons. The van der Waals surface area contributed by atoms with E-state index in [9.17, 15) is 9.59 Å². The zero-order chi connectivity index (χ0) is 19.5. The molecule has 0 bridgehead atoms. The molecule has 28 heavy (non-hydrogen) atoms. The Hall–Kier alpha value is -3.25. The smallest absolute Gasteiger partial charge is 0.251 e. The van der Waals surface area contributed by atoms with Crippen molar-refractivity contribution in [3.63, 3.8) is 0 Å². The van der Waals surface area contributed by atoms with Gasteiger partial charge in [-0.1, -0.05) is 12.1 Å². The van der Waals surface area contributed by atoms with E-state index in [4.69, 9.17) is 0 Å². The summed E-state index contributed by atoms with van der Waals surface area (Å²) in [6.07, 6.45) is 2.40. The maximum absolute atomic E-state index is 12.3. The van der Waals surface area contributed by atoms with E-state index in [0.29, 0.717) is 12.0 Å². The summed E-state index contributed by atoms with van der Waals surface area (Å²) in [5.74, 6) is -0.120. The largest absolute Gasteiger partial charge is 0.326 e. The molecule has 0 saturated heterocycles. The maximum atomic E-state index is 12.3. The maximum Gasteiger partial charge on any atom is 0.251 e. The van der Waals surface area contributed by atoms with Crippen molar-refractivity contribution in [3.05, 3.63) is 81.6 Å². The van der Waals surface area contributed by atoms with E-state index < -0.39 is 0 Å². The molecule has 0 saturated carbocycles.